The fraction of sp³-hybridized carbons (Fsp3) is 0.949. The summed E-state index contributed by atoms with van der Waals surface area (Å²) in [6.07, 6.45) is 48.2. The molecule has 0 heterocycles. The van der Waals surface area contributed by atoms with Gasteiger partial charge in [-0.1, -0.05) is 234 Å². The smallest absolute Gasteiger partial charge is 0.308 e. The fourth-order valence-electron chi connectivity index (χ4n) is 9.71. The third kappa shape index (κ3) is 40.3. The first kappa shape index (κ1) is 64.4. The van der Waals surface area contributed by atoms with E-state index in [4.69, 9.17) is 9.47 Å². The lowest BCUT2D eigenvalue weighted by atomic mass is 9.94. The molecule has 7 nitrogen and oxygen atoms in total. The molecule has 0 unspecified atom stereocenters. The molecule has 0 fully saturated rings. The lowest BCUT2D eigenvalue weighted by Crippen LogP contribution is -2.41. The highest BCUT2D eigenvalue weighted by Crippen LogP contribution is 2.24. The number of rotatable bonds is 52. The molecule has 0 aromatic carbocycles. The Balaban J connectivity index is 5.07. The van der Waals surface area contributed by atoms with Crippen LogP contribution in [0.3, 0.4) is 0 Å². The summed E-state index contributed by atoms with van der Waals surface area (Å²) in [5.74, 6) is 0.660. The van der Waals surface area contributed by atoms with Crippen LogP contribution in [0.2, 0.25) is 0 Å². The zero-order chi connectivity index (χ0) is 48.6. The summed E-state index contributed by atoms with van der Waals surface area (Å²) in [6.45, 7) is 14.2. The van der Waals surface area contributed by atoms with Gasteiger partial charge in [-0.25, -0.2) is 0 Å². The summed E-state index contributed by atoms with van der Waals surface area (Å²) in [6, 6.07) is 0.326. The third-order valence-electron chi connectivity index (χ3n) is 14.2. The Hall–Kier alpha value is -1.63. The second kappa shape index (κ2) is 49.8. The number of amides is 1. The molecule has 0 radical (unpaired) electrons. The summed E-state index contributed by atoms with van der Waals surface area (Å²) < 4.78 is 11.7. The first-order chi connectivity index (χ1) is 32.2. The van der Waals surface area contributed by atoms with Gasteiger partial charge >= 0.3 is 11.9 Å². The van der Waals surface area contributed by atoms with E-state index in [-0.39, 0.29) is 23.8 Å². The van der Waals surface area contributed by atoms with E-state index >= 15 is 0 Å². The van der Waals surface area contributed by atoms with Gasteiger partial charge < -0.3 is 19.3 Å². The van der Waals surface area contributed by atoms with E-state index in [9.17, 15) is 14.4 Å². The van der Waals surface area contributed by atoms with Crippen LogP contribution in [0, 0.1) is 11.8 Å². The molecule has 0 aliphatic carbocycles. The number of ether oxygens (including phenoxy) is 2. The summed E-state index contributed by atoms with van der Waals surface area (Å²) >= 11 is 0. The van der Waals surface area contributed by atoms with E-state index in [1.54, 1.807) is 0 Å². The topological polar surface area (TPSA) is 76.2 Å². The predicted molar refractivity (Wildman–Crippen MR) is 285 cm³/mol. The van der Waals surface area contributed by atoms with Crippen molar-refractivity contribution in [3.63, 3.8) is 0 Å². The van der Waals surface area contributed by atoms with Crippen molar-refractivity contribution in [2.24, 2.45) is 11.8 Å². The Morgan fingerprint density at radius 1 is 0.348 bits per heavy atom. The molecule has 0 atom stereocenters. The SMILES string of the molecule is CCCCCCCCC(=O)N(CCCN(C)C)C(CCCCCCCCOC(=O)C(CCCCCC)CCCCCC)CCCCCCCCOC(=O)C(CCCCCC)CCCCCC. The molecule has 0 rings (SSSR count). The molecule has 0 aromatic heterocycles. The third-order valence-corrected chi connectivity index (χ3v) is 14.2. The predicted octanol–water partition coefficient (Wildman–Crippen LogP) is 17.5. The lowest BCUT2D eigenvalue weighted by molar-refractivity contribution is -0.150. The van der Waals surface area contributed by atoms with E-state index < -0.39 is 0 Å². The zero-order valence-corrected chi connectivity index (χ0v) is 45.7. The van der Waals surface area contributed by atoms with Crippen molar-refractivity contribution in [3.8, 4) is 0 Å². The van der Waals surface area contributed by atoms with E-state index in [0.717, 1.165) is 122 Å². The molecule has 392 valence electrons. The molecule has 0 aromatic rings. The summed E-state index contributed by atoms with van der Waals surface area (Å²) in [7, 11) is 4.27. The highest BCUT2D eigenvalue weighted by atomic mass is 16.5. The summed E-state index contributed by atoms with van der Waals surface area (Å²) in [4.78, 5) is 44.6. The molecule has 0 aliphatic rings. The van der Waals surface area contributed by atoms with Crippen molar-refractivity contribution in [1.29, 1.82) is 0 Å². The van der Waals surface area contributed by atoms with Crippen LogP contribution in [0.5, 0.6) is 0 Å². The highest BCUT2D eigenvalue weighted by Gasteiger charge is 2.24. The van der Waals surface area contributed by atoms with Crippen LogP contribution >= 0.6 is 0 Å². The van der Waals surface area contributed by atoms with Gasteiger partial charge in [0, 0.05) is 19.0 Å². The Kier molecular flexibility index (Phi) is 48.6. The number of esters is 2. The number of unbranched alkanes of at least 4 members (excludes halogenated alkanes) is 27. The van der Waals surface area contributed by atoms with E-state index in [0.29, 0.717) is 31.6 Å². The summed E-state index contributed by atoms with van der Waals surface area (Å²) in [5.41, 5.74) is 0. The van der Waals surface area contributed by atoms with Gasteiger partial charge in [0.05, 0.1) is 25.0 Å². The number of hydrogen-bond donors (Lipinski definition) is 0. The normalized spacial score (nSPS) is 11.7. The van der Waals surface area contributed by atoms with Crippen LogP contribution in [0.1, 0.15) is 304 Å². The van der Waals surface area contributed by atoms with Crippen LogP contribution in [0.25, 0.3) is 0 Å². The standard InChI is InChI=1S/C59H116N2O5/c1-8-13-18-23-30-39-49-57(62)61(51-42-50-60(6)7)56(47-37-28-24-26-31-40-52-65-58(63)54(43-33-19-14-9-2)44-34-20-15-10-3)48-38-29-25-27-32-41-53-66-59(64)55(45-35-21-16-11-4)46-36-22-17-12-5/h54-56H,8-53H2,1-7H3. The highest BCUT2D eigenvalue weighted by molar-refractivity contribution is 5.76. The van der Waals surface area contributed by atoms with Gasteiger partial charge in [0.25, 0.3) is 0 Å². The number of hydrogen-bond acceptors (Lipinski definition) is 6. The van der Waals surface area contributed by atoms with Crippen molar-refractivity contribution < 1.29 is 23.9 Å². The average molecular weight is 934 g/mol. The minimum Gasteiger partial charge on any atom is -0.465 e. The largest absolute Gasteiger partial charge is 0.465 e. The zero-order valence-electron chi connectivity index (χ0n) is 45.7. The van der Waals surface area contributed by atoms with Crippen LogP contribution in [0.15, 0.2) is 0 Å². The van der Waals surface area contributed by atoms with Crippen molar-refractivity contribution in [2.75, 3.05) is 40.4 Å². The second-order valence-electron chi connectivity index (χ2n) is 20.9. The molecular formula is C59H116N2O5. The van der Waals surface area contributed by atoms with Crippen LogP contribution in [-0.2, 0) is 23.9 Å². The molecule has 0 aliphatic heterocycles. The van der Waals surface area contributed by atoms with E-state index in [2.05, 4.69) is 58.5 Å². The van der Waals surface area contributed by atoms with Gasteiger partial charge in [-0.05, 0) is 84.8 Å². The van der Waals surface area contributed by atoms with Crippen molar-refractivity contribution in [1.82, 2.24) is 9.80 Å². The van der Waals surface area contributed by atoms with Crippen molar-refractivity contribution >= 4 is 17.8 Å². The number of nitrogens with zero attached hydrogens (tertiary/aromatic N) is 2. The Morgan fingerprint density at radius 3 is 1.02 bits per heavy atom. The molecule has 0 spiro atoms. The Labute approximate surface area is 412 Å². The quantitative estimate of drug-likeness (QED) is 0.0447. The first-order valence-electron chi connectivity index (χ1n) is 29.5. The molecule has 0 N–H and O–H groups in total. The summed E-state index contributed by atoms with van der Waals surface area (Å²) in [5, 5.41) is 0. The van der Waals surface area contributed by atoms with Gasteiger partial charge in [-0.3, -0.25) is 14.4 Å². The molecular weight excluding hydrogens is 817 g/mol. The fourth-order valence-corrected chi connectivity index (χ4v) is 9.71. The number of carbonyl (C=O) groups excluding carboxylic acids is 3. The maximum absolute atomic E-state index is 14.0. The second-order valence-corrected chi connectivity index (χ2v) is 20.9. The number of carbonyl (C=O) groups is 3. The van der Waals surface area contributed by atoms with Gasteiger partial charge in [0.2, 0.25) is 5.91 Å². The molecule has 0 saturated carbocycles. The Morgan fingerprint density at radius 2 is 0.652 bits per heavy atom. The van der Waals surface area contributed by atoms with Crippen LogP contribution in [-0.4, -0.2) is 74.1 Å². The lowest BCUT2D eigenvalue weighted by Gasteiger charge is -2.33. The molecule has 0 saturated heterocycles. The van der Waals surface area contributed by atoms with E-state index in [1.165, 1.54) is 154 Å². The first-order valence-corrected chi connectivity index (χ1v) is 29.5. The molecule has 7 heteroatoms. The van der Waals surface area contributed by atoms with E-state index in [1.807, 2.05) is 0 Å². The maximum Gasteiger partial charge on any atom is 0.308 e. The minimum atomic E-state index is 0.0537. The monoisotopic (exact) mass is 933 g/mol. The van der Waals surface area contributed by atoms with Crippen LogP contribution < -0.4 is 0 Å². The minimum absolute atomic E-state index is 0.0537. The average Bonchev–Trinajstić information content (AvgIpc) is 3.31. The molecule has 66 heavy (non-hydrogen) atoms. The van der Waals surface area contributed by atoms with Gasteiger partial charge in [-0.2, -0.15) is 0 Å². The van der Waals surface area contributed by atoms with Gasteiger partial charge in [0.15, 0.2) is 0 Å². The molecule has 0 bridgehead atoms. The van der Waals surface area contributed by atoms with Gasteiger partial charge in [-0.15, -0.1) is 0 Å². The van der Waals surface area contributed by atoms with Gasteiger partial charge in [0.1, 0.15) is 0 Å². The Bertz CT molecular complexity index is 969. The van der Waals surface area contributed by atoms with Crippen LogP contribution in [0.4, 0.5) is 0 Å². The van der Waals surface area contributed by atoms with Crippen molar-refractivity contribution in [2.45, 2.75) is 310 Å². The maximum atomic E-state index is 14.0. The van der Waals surface area contributed by atoms with Crippen molar-refractivity contribution in [3.05, 3.63) is 0 Å². The molecule has 1 amide bonds.